The van der Waals surface area contributed by atoms with Gasteiger partial charge in [-0.3, -0.25) is 9.10 Å². The van der Waals surface area contributed by atoms with E-state index in [1.807, 2.05) is 30.3 Å². The van der Waals surface area contributed by atoms with Gasteiger partial charge in [0.2, 0.25) is 0 Å². The average molecular weight is 456 g/mol. The van der Waals surface area contributed by atoms with Gasteiger partial charge >= 0.3 is 0 Å². The highest BCUT2D eigenvalue weighted by atomic mass is 32.2. The molecule has 3 aromatic rings. The quantitative estimate of drug-likeness (QED) is 0.616. The Morgan fingerprint density at radius 1 is 1.12 bits per heavy atom. The number of carbonyl (C=O) groups excluding carboxylic acids is 1. The third-order valence-electron chi connectivity index (χ3n) is 5.03. The fourth-order valence-corrected chi connectivity index (χ4v) is 5.08. The van der Waals surface area contributed by atoms with Gasteiger partial charge in [-0.15, -0.1) is 0 Å². The van der Waals surface area contributed by atoms with E-state index in [1.54, 1.807) is 24.3 Å². The molecule has 0 aliphatic carbocycles. The van der Waals surface area contributed by atoms with Crippen molar-refractivity contribution in [1.82, 2.24) is 5.32 Å². The molecular formula is C23H21FN2O5S. The normalized spacial score (nSPS) is 15.4. The minimum atomic E-state index is -4.27. The van der Waals surface area contributed by atoms with Gasteiger partial charge in [0.15, 0.2) is 6.10 Å². The summed E-state index contributed by atoms with van der Waals surface area (Å²) in [7, 11) is -2.96. The van der Waals surface area contributed by atoms with Gasteiger partial charge in [0, 0.05) is 6.54 Å². The Morgan fingerprint density at radius 2 is 1.84 bits per heavy atom. The zero-order valence-corrected chi connectivity index (χ0v) is 18.0. The summed E-state index contributed by atoms with van der Waals surface area (Å²) < 4.78 is 53.0. The molecule has 0 fully saturated rings. The van der Waals surface area contributed by atoms with Crippen LogP contribution in [-0.4, -0.2) is 34.1 Å². The number of benzene rings is 3. The number of amides is 1. The first-order valence-electron chi connectivity index (χ1n) is 9.84. The Balaban J connectivity index is 1.66. The van der Waals surface area contributed by atoms with E-state index < -0.39 is 27.9 Å². The van der Waals surface area contributed by atoms with Crippen LogP contribution in [0.5, 0.6) is 11.5 Å². The number of nitrogens with zero attached hydrogens (tertiary/aromatic N) is 1. The molecule has 1 aliphatic rings. The second-order valence-corrected chi connectivity index (χ2v) is 8.94. The number of hydrogen-bond donors (Lipinski definition) is 1. The van der Waals surface area contributed by atoms with Crippen molar-refractivity contribution >= 4 is 21.6 Å². The van der Waals surface area contributed by atoms with E-state index in [0.717, 1.165) is 22.0 Å². The molecule has 0 spiro atoms. The summed E-state index contributed by atoms with van der Waals surface area (Å²) in [6.07, 6.45) is -1.09. The first-order valence-corrected chi connectivity index (χ1v) is 11.3. The molecule has 9 heteroatoms. The van der Waals surface area contributed by atoms with Crippen molar-refractivity contribution < 1.29 is 27.1 Å². The van der Waals surface area contributed by atoms with E-state index in [2.05, 4.69) is 5.32 Å². The lowest BCUT2D eigenvalue weighted by atomic mass is 10.2. The van der Waals surface area contributed by atoms with Gasteiger partial charge in [0.25, 0.3) is 15.9 Å². The summed E-state index contributed by atoms with van der Waals surface area (Å²) in [4.78, 5) is 12.5. The van der Waals surface area contributed by atoms with Gasteiger partial charge in [-0.25, -0.2) is 12.8 Å². The second-order valence-electron chi connectivity index (χ2n) is 7.11. The maximum absolute atomic E-state index is 13.9. The van der Waals surface area contributed by atoms with E-state index in [-0.39, 0.29) is 35.2 Å². The van der Waals surface area contributed by atoms with Crippen molar-refractivity contribution in [3.63, 3.8) is 0 Å². The smallest absolute Gasteiger partial charge is 0.268 e. The first kappa shape index (κ1) is 21.6. The molecule has 166 valence electrons. The highest BCUT2D eigenvalue weighted by Gasteiger charge is 2.38. The number of methoxy groups -OCH3 is 1. The van der Waals surface area contributed by atoms with Crippen molar-refractivity contribution in [1.29, 1.82) is 0 Å². The molecular weight excluding hydrogens is 435 g/mol. The van der Waals surface area contributed by atoms with E-state index in [4.69, 9.17) is 9.47 Å². The lowest BCUT2D eigenvalue weighted by Crippen LogP contribution is -2.50. The fraction of sp³-hybridized carbons (Fsp3) is 0.174. The lowest BCUT2D eigenvalue weighted by molar-refractivity contribution is -0.127. The largest absolute Gasteiger partial charge is 0.495 e. The van der Waals surface area contributed by atoms with Crippen LogP contribution in [0.2, 0.25) is 0 Å². The molecule has 7 nitrogen and oxygen atoms in total. The summed E-state index contributed by atoms with van der Waals surface area (Å²) in [5.41, 5.74) is 1.15. The molecule has 0 radical (unpaired) electrons. The first-order chi connectivity index (χ1) is 15.4. The van der Waals surface area contributed by atoms with Gasteiger partial charge in [-0.05, 0) is 35.9 Å². The molecule has 0 saturated carbocycles. The van der Waals surface area contributed by atoms with Crippen molar-refractivity contribution in [2.24, 2.45) is 0 Å². The maximum Gasteiger partial charge on any atom is 0.268 e. The van der Waals surface area contributed by atoms with Crippen molar-refractivity contribution in [3.05, 3.63) is 84.2 Å². The molecule has 1 unspecified atom stereocenters. The van der Waals surface area contributed by atoms with Crippen molar-refractivity contribution in [3.8, 4) is 11.5 Å². The van der Waals surface area contributed by atoms with E-state index in [1.165, 1.54) is 13.2 Å². The molecule has 1 atom stereocenters. The standard InChI is InChI=1S/C23H21FN2O5S/c1-30-20-12-11-17(24)13-22(20)32(28,29)26-15-21(31-19-10-6-5-9-18(19)26)23(27)25-14-16-7-3-2-4-8-16/h2-13,21H,14-15H2,1H3,(H,25,27). The van der Waals surface area contributed by atoms with E-state index >= 15 is 0 Å². The van der Waals surface area contributed by atoms with Crippen molar-refractivity contribution in [2.75, 3.05) is 18.0 Å². The number of carbonyl (C=O) groups is 1. The third kappa shape index (κ3) is 4.24. The number of fused-ring (bicyclic) bond motifs is 1. The van der Waals surface area contributed by atoms with Crippen LogP contribution in [0.4, 0.5) is 10.1 Å². The van der Waals surface area contributed by atoms with E-state index in [9.17, 15) is 17.6 Å². The Bertz CT molecular complexity index is 1230. The molecule has 3 aromatic carbocycles. The minimum Gasteiger partial charge on any atom is -0.495 e. The van der Waals surface area contributed by atoms with Crippen LogP contribution in [-0.2, 0) is 21.4 Å². The average Bonchev–Trinajstić information content (AvgIpc) is 2.82. The predicted molar refractivity (Wildman–Crippen MR) is 117 cm³/mol. The number of hydrogen-bond acceptors (Lipinski definition) is 5. The molecule has 1 heterocycles. The lowest BCUT2D eigenvalue weighted by Gasteiger charge is -2.35. The molecule has 1 amide bonds. The molecule has 0 saturated heterocycles. The number of halogens is 1. The Morgan fingerprint density at radius 3 is 2.59 bits per heavy atom. The Labute approximate surface area is 185 Å². The SMILES string of the molecule is COc1ccc(F)cc1S(=O)(=O)N1CC(C(=O)NCc2ccccc2)Oc2ccccc21. The molecule has 1 aliphatic heterocycles. The zero-order valence-electron chi connectivity index (χ0n) is 17.2. The Kier molecular flexibility index (Phi) is 6.00. The topological polar surface area (TPSA) is 84.9 Å². The number of anilines is 1. The van der Waals surface area contributed by atoms with Crippen LogP contribution >= 0.6 is 0 Å². The van der Waals surface area contributed by atoms with Gasteiger partial charge in [-0.2, -0.15) is 0 Å². The minimum absolute atomic E-state index is 0.000419. The number of nitrogens with one attached hydrogen (secondary N) is 1. The van der Waals surface area contributed by atoms with Gasteiger partial charge in [0.1, 0.15) is 22.2 Å². The maximum atomic E-state index is 13.9. The second kappa shape index (κ2) is 8.88. The van der Waals surface area contributed by atoms with Crippen LogP contribution in [0.15, 0.2) is 77.7 Å². The molecule has 1 N–H and O–H groups in total. The summed E-state index contributed by atoms with van der Waals surface area (Å²) >= 11 is 0. The van der Waals surface area contributed by atoms with Gasteiger partial charge in [-0.1, -0.05) is 42.5 Å². The highest BCUT2D eigenvalue weighted by Crippen LogP contribution is 2.38. The predicted octanol–water partition coefficient (Wildman–Crippen LogP) is 3.11. The van der Waals surface area contributed by atoms with Gasteiger partial charge < -0.3 is 14.8 Å². The van der Waals surface area contributed by atoms with Crippen LogP contribution in [0.25, 0.3) is 0 Å². The van der Waals surface area contributed by atoms with E-state index in [0.29, 0.717) is 0 Å². The summed E-state index contributed by atoms with van der Waals surface area (Å²) in [5, 5.41) is 2.77. The van der Waals surface area contributed by atoms with Crippen molar-refractivity contribution in [2.45, 2.75) is 17.5 Å². The van der Waals surface area contributed by atoms with Crippen LogP contribution < -0.4 is 19.1 Å². The number of para-hydroxylation sites is 2. The van der Waals surface area contributed by atoms with Crippen LogP contribution in [0.3, 0.4) is 0 Å². The number of ether oxygens (including phenoxy) is 2. The molecule has 0 bridgehead atoms. The summed E-state index contributed by atoms with van der Waals surface area (Å²) in [5.74, 6) is -0.948. The van der Waals surface area contributed by atoms with Crippen LogP contribution in [0.1, 0.15) is 5.56 Å². The summed E-state index contributed by atoms with van der Waals surface area (Å²) in [6.45, 7) is -0.00864. The van der Waals surface area contributed by atoms with Gasteiger partial charge in [0.05, 0.1) is 19.3 Å². The number of sulfonamides is 1. The molecule has 0 aromatic heterocycles. The van der Waals surface area contributed by atoms with Crippen LogP contribution in [0, 0.1) is 5.82 Å². The molecule has 32 heavy (non-hydrogen) atoms. The fourth-order valence-electron chi connectivity index (χ4n) is 3.44. The third-order valence-corrected chi connectivity index (χ3v) is 6.83. The highest BCUT2D eigenvalue weighted by molar-refractivity contribution is 7.93. The number of rotatable bonds is 6. The zero-order chi connectivity index (χ0) is 22.7. The Hall–Kier alpha value is -3.59. The monoisotopic (exact) mass is 456 g/mol. The summed E-state index contributed by atoms with van der Waals surface area (Å²) in [6, 6.07) is 19.1. The molecule has 4 rings (SSSR count).